The second kappa shape index (κ2) is 7.75. The maximum absolute atomic E-state index is 13.8. The molecule has 1 aromatic carbocycles. The lowest BCUT2D eigenvalue weighted by Crippen LogP contribution is -2.23. The van der Waals surface area contributed by atoms with Crippen molar-refractivity contribution in [3.05, 3.63) is 35.1 Å². The van der Waals surface area contributed by atoms with Crippen molar-refractivity contribution in [3.63, 3.8) is 0 Å². The maximum Gasteiger partial charge on any atom is 0.128 e. The number of rotatable bonds is 8. The molecule has 1 N–H and O–H groups in total. The van der Waals surface area contributed by atoms with E-state index in [-0.39, 0.29) is 11.4 Å². The third kappa shape index (κ3) is 6.02. The van der Waals surface area contributed by atoms with E-state index in [9.17, 15) is 4.39 Å². The van der Waals surface area contributed by atoms with Crippen LogP contribution < -0.4 is 5.32 Å². The zero-order valence-electron chi connectivity index (χ0n) is 13.4. The molecule has 0 unspecified atom stereocenters. The van der Waals surface area contributed by atoms with Crippen LogP contribution >= 0.6 is 0 Å². The predicted molar refractivity (Wildman–Crippen MR) is 82.1 cm³/mol. The molecule has 114 valence electrons. The predicted octanol–water partition coefficient (Wildman–Crippen LogP) is 4.28. The van der Waals surface area contributed by atoms with Crippen molar-refractivity contribution in [1.29, 1.82) is 0 Å². The molecule has 0 aliphatic heterocycles. The van der Waals surface area contributed by atoms with Gasteiger partial charge < -0.3 is 10.1 Å². The largest absolute Gasteiger partial charge is 0.371 e. The Morgan fingerprint density at radius 2 is 2.00 bits per heavy atom. The van der Waals surface area contributed by atoms with Crippen molar-refractivity contribution in [2.45, 2.75) is 59.8 Å². The van der Waals surface area contributed by atoms with Gasteiger partial charge in [0.15, 0.2) is 0 Å². The molecule has 2 nitrogen and oxygen atoms in total. The Bertz CT molecular complexity index is 415. The fourth-order valence-corrected chi connectivity index (χ4v) is 1.73. The molecule has 1 aromatic rings. The van der Waals surface area contributed by atoms with Gasteiger partial charge in [-0.1, -0.05) is 26.8 Å². The van der Waals surface area contributed by atoms with Gasteiger partial charge in [0.05, 0.1) is 12.2 Å². The van der Waals surface area contributed by atoms with Crippen LogP contribution in [0.4, 0.5) is 4.39 Å². The van der Waals surface area contributed by atoms with Gasteiger partial charge in [-0.2, -0.15) is 0 Å². The van der Waals surface area contributed by atoms with Gasteiger partial charge in [0.1, 0.15) is 5.82 Å². The fraction of sp³-hybridized carbons (Fsp3) is 0.647. The first-order valence-electron chi connectivity index (χ1n) is 7.46. The summed E-state index contributed by atoms with van der Waals surface area (Å²) in [5.74, 6) is 0.424. The van der Waals surface area contributed by atoms with Crippen LogP contribution in [0.1, 0.15) is 52.2 Å². The molecule has 0 radical (unpaired) electrons. The summed E-state index contributed by atoms with van der Waals surface area (Å²) in [7, 11) is 0. The highest BCUT2D eigenvalue weighted by Gasteiger charge is 2.16. The second-order valence-corrected chi connectivity index (χ2v) is 6.35. The second-order valence-electron chi connectivity index (χ2n) is 6.35. The summed E-state index contributed by atoms with van der Waals surface area (Å²) in [6.45, 7) is 12.5. The van der Waals surface area contributed by atoms with Gasteiger partial charge in [-0.15, -0.1) is 0 Å². The van der Waals surface area contributed by atoms with Gasteiger partial charge in [0, 0.05) is 12.1 Å². The van der Waals surface area contributed by atoms with Crippen LogP contribution in [0, 0.1) is 11.7 Å². The Hall–Kier alpha value is -0.930. The molecule has 0 aliphatic rings. The summed E-state index contributed by atoms with van der Waals surface area (Å²) < 4.78 is 19.6. The van der Waals surface area contributed by atoms with Crippen LogP contribution in [0.3, 0.4) is 0 Å². The lowest BCUT2D eigenvalue weighted by molar-refractivity contribution is -0.0326. The van der Waals surface area contributed by atoms with Crippen molar-refractivity contribution >= 4 is 0 Å². The number of hydrogen-bond acceptors (Lipinski definition) is 2. The number of nitrogens with one attached hydrogen (secondary N) is 1. The summed E-state index contributed by atoms with van der Waals surface area (Å²) in [6, 6.07) is 5.26. The first-order chi connectivity index (χ1) is 9.34. The summed E-state index contributed by atoms with van der Waals surface area (Å²) in [6.07, 6.45) is 0.907. The Morgan fingerprint density at radius 1 is 1.30 bits per heavy atom. The summed E-state index contributed by atoms with van der Waals surface area (Å²) in [5, 5.41) is 3.37. The molecule has 0 heterocycles. The SMILES string of the molecule is CCC(C)(C)OCc1cc(CNCC(C)C)ccc1F. The molecule has 3 heteroatoms. The topological polar surface area (TPSA) is 21.3 Å². The van der Waals surface area contributed by atoms with E-state index in [0.717, 1.165) is 25.1 Å². The summed E-state index contributed by atoms with van der Waals surface area (Å²) >= 11 is 0. The minimum atomic E-state index is -0.210. The Morgan fingerprint density at radius 3 is 2.60 bits per heavy atom. The zero-order valence-corrected chi connectivity index (χ0v) is 13.4. The Kier molecular flexibility index (Phi) is 6.63. The number of halogens is 1. The lowest BCUT2D eigenvalue weighted by atomic mass is 10.1. The highest BCUT2D eigenvalue weighted by molar-refractivity contribution is 5.24. The van der Waals surface area contributed by atoms with Crippen LogP contribution in [0.5, 0.6) is 0 Å². The van der Waals surface area contributed by atoms with E-state index in [2.05, 4.69) is 26.1 Å². The van der Waals surface area contributed by atoms with Crippen molar-refractivity contribution in [1.82, 2.24) is 5.32 Å². The number of hydrogen-bond donors (Lipinski definition) is 1. The molecule has 0 amide bonds. The fourth-order valence-electron chi connectivity index (χ4n) is 1.73. The number of ether oxygens (including phenoxy) is 1. The molecule has 0 bridgehead atoms. The van der Waals surface area contributed by atoms with Gasteiger partial charge in [-0.3, -0.25) is 0 Å². The number of benzene rings is 1. The van der Waals surface area contributed by atoms with E-state index in [1.807, 2.05) is 26.0 Å². The van der Waals surface area contributed by atoms with E-state index >= 15 is 0 Å². The summed E-state index contributed by atoms with van der Waals surface area (Å²) in [4.78, 5) is 0. The molecule has 0 atom stereocenters. The van der Waals surface area contributed by atoms with E-state index in [1.54, 1.807) is 0 Å². The van der Waals surface area contributed by atoms with Crippen molar-refractivity contribution < 1.29 is 9.13 Å². The molecule has 0 saturated heterocycles. The van der Waals surface area contributed by atoms with Crippen LogP contribution in [-0.4, -0.2) is 12.1 Å². The van der Waals surface area contributed by atoms with Crippen molar-refractivity contribution in [3.8, 4) is 0 Å². The third-order valence-corrected chi connectivity index (χ3v) is 3.46. The highest BCUT2D eigenvalue weighted by atomic mass is 19.1. The molecule has 0 saturated carbocycles. The standard InChI is InChI=1S/C17H28FNO/c1-6-17(4,5)20-12-15-9-14(7-8-16(15)18)11-19-10-13(2)3/h7-9,13,19H,6,10-12H2,1-5H3. The van der Waals surface area contributed by atoms with Gasteiger partial charge >= 0.3 is 0 Å². The molecule has 20 heavy (non-hydrogen) atoms. The maximum atomic E-state index is 13.8. The van der Waals surface area contributed by atoms with Crippen LogP contribution in [0.15, 0.2) is 18.2 Å². The Labute approximate surface area is 122 Å². The first kappa shape index (κ1) is 17.1. The molecule has 0 aliphatic carbocycles. The molecular weight excluding hydrogens is 253 g/mol. The zero-order chi connectivity index (χ0) is 15.2. The summed E-state index contributed by atoms with van der Waals surface area (Å²) in [5.41, 5.74) is 1.52. The molecule has 0 aromatic heterocycles. The van der Waals surface area contributed by atoms with E-state index < -0.39 is 0 Å². The van der Waals surface area contributed by atoms with E-state index in [0.29, 0.717) is 18.1 Å². The van der Waals surface area contributed by atoms with Gasteiger partial charge in [0.25, 0.3) is 0 Å². The van der Waals surface area contributed by atoms with Gasteiger partial charge in [0.2, 0.25) is 0 Å². The highest BCUT2D eigenvalue weighted by Crippen LogP contribution is 2.19. The molecule has 1 rings (SSSR count). The van der Waals surface area contributed by atoms with Crippen molar-refractivity contribution in [2.24, 2.45) is 5.92 Å². The average molecular weight is 281 g/mol. The molecule has 0 spiro atoms. The lowest BCUT2D eigenvalue weighted by Gasteiger charge is -2.23. The minimum Gasteiger partial charge on any atom is -0.371 e. The monoisotopic (exact) mass is 281 g/mol. The minimum absolute atomic E-state index is 0.190. The van der Waals surface area contributed by atoms with Crippen LogP contribution in [-0.2, 0) is 17.9 Å². The van der Waals surface area contributed by atoms with Crippen LogP contribution in [0.2, 0.25) is 0 Å². The van der Waals surface area contributed by atoms with Gasteiger partial charge in [-0.05, 0) is 50.4 Å². The average Bonchev–Trinajstić information content (AvgIpc) is 2.39. The molecule has 0 fully saturated rings. The smallest absolute Gasteiger partial charge is 0.128 e. The Balaban J connectivity index is 2.62. The normalized spacial score (nSPS) is 12.2. The third-order valence-electron chi connectivity index (χ3n) is 3.46. The van der Waals surface area contributed by atoms with Crippen molar-refractivity contribution in [2.75, 3.05) is 6.54 Å². The first-order valence-corrected chi connectivity index (χ1v) is 7.46. The molecular formula is C17H28FNO. The van der Waals surface area contributed by atoms with Gasteiger partial charge in [-0.25, -0.2) is 4.39 Å². The van der Waals surface area contributed by atoms with Crippen LogP contribution in [0.25, 0.3) is 0 Å². The quantitative estimate of drug-likeness (QED) is 0.768. The van der Waals surface area contributed by atoms with E-state index in [4.69, 9.17) is 4.74 Å². The van der Waals surface area contributed by atoms with E-state index in [1.165, 1.54) is 6.07 Å².